The molecule has 1 amide bonds. The lowest BCUT2D eigenvalue weighted by molar-refractivity contribution is -0.118. The number of nitrogens with two attached hydrogens (primary N) is 1. The zero-order chi connectivity index (χ0) is 14.5. The van der Waals surface area contributed by atoms with E-state index >= 15 is 0 Å². The maximum Gasteiger partial charge on any atom is 0.241 e. The van der Waals surface area contributed by atoms with Gasteiger partial charge in [-0.2, -0.15) is 5.10 Å². The molecule has 2 rings (SSSR count). The molecule has 2 aromatic rings. The summed E-state index contributed by atoms with van der Waals surface area (Å²) in [5, 5.41) is 7.02. The van der Waals surface area contributed by atoms with Crippen LogP contribution in [0.1, 0.15) is 20.3 Å². The van der Waals surface area contributed by atoms with E-state index in [-0.39, 0.29) is 11.8 Å². The molecule has 106 valence electrons. The second-order valence-corrected chi connectivity index (χ2v) is 4.90. The van der Waals surface area contributed by atoms with Crippen LogP contribution >= 0.6 is 0 Å². The van der Waals surface area contributed by atoms with Crippen molar-refractivity contribution in [2.45, 2.75) is 26.3 Å². The first-order valence-corrected chi connectivity index (χ1v) is 6.78. The Balaban J connectivity index is 2.10. The summed E-state index contributed by atoms with van der Waals surface area (Å²) in [6.45, 7) is 4.00. The van der Waals surface area contributed by atoms with Gasteiger partial charge in [-0.25, -0.2) is 4.68 Å². The number of aromatic nitrogens is 2. The fraction of sp³-hybridized carbons (Fsp3) is 0.333. The third kappa shape index (κ3) is 3.24. The molecule has 0 saturated heterocycles. The minimum Gasteiger partial charge on any atom is -0.325 e. The molecule has 0 spiro atoms. The summed E-state index contributed by atoms with van der Waals surface area (Å²) >= 11 is 0. The Hall–Kier alpha value is -2.14. The SMILES string of the molecule is CC[C@H](C)[C@H](N)C(=O)Nc1cccc(-n2cccn2)c1. The average Bonchev–Trinajstić information content (AvgIpc) is 3.00. The van der Waals surface area contributed by atoms with Crippen LogP contribution in [-0.4, -0.2) is 21.7 Å². The van der Waals surface area contributed by atoms with Gasteiger partial charge in [0.05, 0.1) is 11.7 Å². The lowest BCUT2D eigenvalue weighted by Gasteiger charge is -2.18. The van der Waals surface area contributed by atoms with Gasteiger partial charge in [-0.3, -0.25) is 4.79 Å². The van der Waals surface area contributed by atoms with Crippen LogP contribution in [0.5, 0.6) is 0 Å². The number of carbonyl (C=O) groups excluding carboxylic acids is 1. The Morgan fingerprint density at radius 3 is 2.90 bits per heavy atom. The van der Waals surface area contributed by atoms with E-state index in [2.05, 4.69) is 10.4 Å². The maximum absolute atomic E-state index is 12.1. The van der Waals surface area contributed by atoms with Gasteiger partial charge in [0.2, 0.25) is 5.91 Å². The van der Waals surface area contributed by atoms with Gasteiger partial charge in [0.25, 0.3) is 0 Å². The largest absolute Gasteiger partial charge is 0.325 e. The quantitative estimate of drug-likeness (QED) is 0.876. The van der Waals surface area contributed by atoms with E-state index in [1.165, 1.54) is 0 Å². The lowest BCUT2D eigenvalue weighted by atomic mass is 9.99. The number of rotatable bonds is 5. The highest BCUT2D eigenvalue weighted by Gasteiger charge is 2.19. The van der Waals surface area contributed by atoms with Crippen LogP contribution in [0.3, 0.4) is 0 Å². The number of anilines is 1. The Kier molecular flexibility index (Phi) is 4.53. The van der Waals surface area contributed by atoms with E-state index in [9.17, 15) is 4.79 Å². The molecular formula is C15H20N4O. The minimum absolute atomic E-state index is 0.156. The highest BCUT2D eigenvalue weighted by Crippen LogP contribution is 2.15. The van der Waals surface area contributed by atoms with Gasteiger partial charge < -0.3 is 11.1 Å². The first kappa shape index (κ1) is 14.3. The monoisotopic (exact) mass is 272 g/mol. The number of carbonyl (C=O) groups is 1. The third-order valence-corrected chi connectivity index (χ3v) is 3.44. The molecule has 0 aliphatic heterocycles. The Bertz CT molecular complexity index is 565. The fourth-order valence-electron chi connectivity index (χ4n) is 1.89. The number of hydrogen-bond donors (Lipinski definition) is 2. The van der Waals surface area contributed by atoms with Gasteiger partial charge >= 0.3 is 0 Å². The standard InChI is InChI=1S/C15H20N4O/c1-3-11(2)14(16)15(20)18-12-6-4-7-13(10-12)19-9-5-8-17-19/h4-11,14H,3,16H2,1-2H3,(H,18,20)/t11-,14-/m0/s1. The molecule has 5 heteroatoms. The van der Waals surface area contributed by atoms with Crippen LogP contribution in [0.25, 0.3) is 5.69 Å². The van der Waals surface area contributed by atoms with Crippen molar-refractivity contribution in [3.8, 4) is 5.69 Å². The van der Waals surface area contributed by atoms with Gasteiger partial charge in [0.15, 0.2) is 0 Å². The van der Waals surface area contributed by atoms with Crippen molar-refractivity contribution in [3.05, 3.63) is 42.7 Å². The molecule has 0 unspecified atom stereocenters. The first-order valence-electron chi connectivity index (χ1n) is 6.78. The molecule has 0 aliphatic carbocycles. The molecule has 2 atom stereocenters. The van der Waals surface area contributed by atoms with Crippen LogP contribution in [0.4, 0.5) is 5.69 Å². The Morgan fingerprint density at radius 2 is 2.25 bits per heavy atom. The number of nitrogens with one attached hydrogen (secondary N) is 1. The predicted molar refractivity (Wildman–Crippen MR) is 79.6 cm³/mol. The van der Waals surface area contributed by atoms with E-state index in [1.54, 1.807) is 10.9 Å². The predicted octanol–water partition coefficient (Wildman–Crippen LogP) is 2.18. The normalized spacial score (nSPS) is 13.8. The molecule has 3 N–H and O–H groups in total. The first-order chi connectivity index (χ1) is 9.61. The van der Waals surface area contributed by atoms with Gasteiger partial charge in [-0.1, -0.05) is 26.3 Å². The average molecular weight is 272 g/mol. The molecule has 0 aliphatic rings. The van der Waals surface area contributed by atoms with E-state index in [1.807, 2.05) is 50.4 Å². The van der Waals surface area contributed by atoms with E-state index in [0.29, 0.717) is 0 Å². The highest BCUT2D eigenvalue weighted by atomic mass is 16.2. The van der Waals surface area contributed by atoms with Crippen LogP contribution in [0.15, 0.2) is 42.7 Å². The molecule has 5 nitrogen and oxygen atoms in total. The van der Waals surface area contributed by atoms with Gasteiger partial charge in [0, 0.05) is 18.1 Å². The molecule has 0 fully saturated rings. The summed E-state index contributed by atoms with van der Waals surface area (Å²) in [7, 11) is 0. The van der Waals surface area contributed by atoms with E-state index in [4.69, 9.17) is 5.73 Å². The number of benzene rings is 1. The van der Waals surface area contributed by atoms with Gasteiger partial charge in [-0.15, -0.1) is 0 Å². The highest BCUT2D eigenvalue weighted by molar-refractivity contribution is 5.95. The Morgan fingerprint density at radius 1 is 1.45 bits per heavy atom. The summed E-state index contributed by atoms with van der Waals surface area (Å²) in [6.07, 6.45) is 4.44. The van der Waals surface area contributed by atoms with Crippen molar-refractivity contribution in [3.63, 3.8) is 0 Å². The van der Waals surface area contributed by atoms with Crippen LogP contribution in [0, 0.1) is 5.92 Å². The summed E-state index contributed by atoms with van der Waals surface area (Å²) in [6, 6.07) is 8.87. The number of amides is 1. The van der Waals surface area contributed by atoms with Gasteiger partial charge in [-0.05, 0) is 30.2 Å². The number of hydrogen-bond acceptors (Lipinski definition) is 3. The van der Waals surface area contributed by atoms with E-state index in [0.717, 1.165) is 17.8 Å². The summed E-state index contributed by atoms with van der Waals surface area (Å²) in [5.41, 5.74) is 7.54. The van der Waals surface area contributed by atoms with E-state index < -0.39 is 6.04 Å². The maximum atomic E-state index is 12.1. The van der Waals surface area contributed by atoms with Crippen molar-refractivity contribution < 1.29 is 4.79 Å². The van der Waals surface area contributed by atoms with Crippen molar-refractivity contribution in [2.75, 3.05) is 5.32 Å². The Labute approximate surface area is 118 Å². The molecule has 1 heterocycles. The smallest absolute Gasteiger partial charge is 0.241 e. The van der Waals surface area contributed by atoms with Crippen LogP contribution in [0.2, 0.25) is 0 Å². The van der Waals surface area contributed by atoms with Crippen LogP contribution < -0.4 is 11.1 Å². The summed E-state index contributed by atoms with van der Waals surface area (Å²) in [5.74, 6) is 0.00117. The third-order valence-electron chi connectivity index (χ3n) is 3.44. The molecular weight excluding hydrogens is 252 g/mol. The molecule has 20 heavy (non-hydrogen) atoms. The molecule has 0 radical (unpaired) electrons. The number of nitrogens with zero attached hydrogens (tertiary/aromatic N) is 2. The van der Waals surface area contributed by atoms with Crippen LogP contribution in [-0.2, 0) is 4.79 Å². The second-order valence-electron chi connectivity index (χ2n) is 4.90. The fourth-order valence-corrected chi connectivity index (χ4v) is 1.89. The zero-order valence-corrected chi connectivity index (χ0v) is 11.8. The summed E-state index contributed by atoms with van der Waals surface area (Å²) < 4.78 is 1.74. The topological polar surface area (TPSA) is 72.9 Å². The molecule has 0 saturated carbocycles. The molecule has 1 aromatic heterocycles. The van der Waals surface area contributed by atoms with Crippen molar-refractivity contribution >= 4 is 11.6 Å². The molecule has 1 aromatic carbocycles. The zero-order valence-electron chi connectivity index (χ0n) is 11.8. The van der Waals surface area contributed by atoms with Gasteiger partial charge in [0.1, 0.15) is 0 Å². The van der Waals surface area contributed by atoms with Crippen molar-refractivity contribution in [2.24, 2.45) is 11.7 Å². The minimum atomic E-state index is -0.492. The van der Waals surface area contributed by atoms with Crippen molar-refractivity contribution in [1.29, 1.82) is 0 Å². The molecule has 0 bridgehead atoms. The lowest BCUT2D eigenvalue weighted by Crippen LogP contribution is -2.40. The van der Waals surface area contributed by atoms with Crippen molar-refractivity contribution in [1.82, 2.24) is 9.78 Å². The second kappa shape index (κ2) is 6.34. The summed E-state index contributed by atoms with van der Waals surface area (Å²) in [4.78, 5) is 12.1.